The molecule has 0 aliphatic carbocycles. The molecule has 2 nitrogen and oxygen atoms in total. The van der Waals surface area contributed by atoms with Gasteiger partial charge in [0.2, 0.25) is 0 Å². The number of benzene rings is 2. The number of hydrogen-bond donors (Lipinski definition) is 0. The zero-order valence-corrected chi connectivity index (χ0v) is 15.3. The lowest BCUT2D eigenvalue weighted by Crippen LogP contribution is -2.07. The van der Waals surface area contributed by atoms with Gasteiger partial charge in [-0.3, -0.25) is 0 Å². The summed E-state index contributed by atoms with van der Waals surface area (Å²) in [6.45, 7) is 8.95. The van der Waals surface area contributed by atoms with Gasteiger partial charge in [-0.05, 0) is 52.8 Å². The summed E-state index contributed by atoms with van der Waals surface area (Å²) in [6, 6.07) is 20.9. The Balaban J connectivity index is 2.26. The highest BCUT2D eigenvalue weighted by Gasteiger charge is 2.17. The molecule has 1 heterocycles. The molecule has 0 spiro atoms. The topological polar surface area (TPSA) is 28.7 Å². The third-order valence-electron chi connectivity index (χ3n) is 4.62. The molecule has 0 unspecified atom stereocenters. The molecule has 0 saturated heterocycles. The molecule has 0 atom stereocenters. The predicted octanol–water partition coefficient (Wildman–Crippen LogP) is 6.26. The minimum atomic E-state index is 0.439. The molecule has 1 aromatic heterocycles. The molecule has 126 valence electrons. The fourth-order valence-electron chi connectivity index (χ4n) is 3.35. The zero-order valence-electron chi connectivity index (χ0n) is 15.3. The maximum atomic E-state index is 9.22. The summed E-state index contributed by atoms with van der Waals surface area (Å²) < 4.78 is 2.28. The van der Waals surface area contributed by atoms with Crippen LogP contribution in [-0.4, -0.2) is 4.57 Å². The van der Waals surface area contributed by atoms with Crippen molar-refractivity contribution in [1.82, 2.24) is 4.57 Å². The van der Waals surface area contributed by atoms with Crippen LogP contribution in [-0.2, 0) is 0 Å². The van der Waals surface area contributed by atoms with Crippen LogP contribution in [0.2, 0.25) is 0 Å². The maximum Gasteiger partial charge on any atom is 0.0991 e. The molecule has 2 heteroatoms. The highest BCUT2D eigenvalue weighted by atomic mass is 15.0. The van der Waals surface area contributed by atoms with Crippen LogP contribution in [0.5, 0.6) is 0 Å². The Kier molecular flexibility index (Phi) is 4.76. The summed E-state index contributed by atoms with van der Waals surface area (Å²) in [6.07, 6.45) is 2.13. The summed E-state index contributed by atoms with van der Waals surface area (Å²) in [5.74, 6) is 0.879. The summed E-state index contributed by atoms with van der Waals surface area (Å²) in [5.41, 5.74) is 6.84. The smallest absolute Gasteiger partial charge is 0.0991 e. The maximum absolute atomic E-state index is 9.22. The molecule has 0 saturated carbocycles. The molecular formula is C23H24N2. The molecule has 3 aromatic rings. The Bertz CT molecular complexity index is 897. The van der Waals surface area contributed by atoms with Crippen LogP contribution in [0.3, 0.4) is 0 Å². The largest absolute Gasteiger partial charge is 0.316 e. The van der Waals surface area contributed by atoms with Gasteiger partial charge in [0.1, 0.15) is 0 Å². The third kappa shape index (κ3) is 3.23. The molecule has 2 aromatic carbocycles. The normalized spacial score (nSPS) is 11.1. The molecular weight excluding hydrogens is 304 g/mol. The van der Waals surface area contributed by atoms with E-state index in [1.165, 1.54) is 16.8 Å². The lowest BCUT2D eigenvalue weighted by atomic mass is 9.92. The second kappa shape index (κ2) is 6.99. The van der Waals surface area contributed by atoms with Crippen LogP contribution in [0.15, 0.2) is 60.8 Å². The lowest BCUT2D eigenvalue weighted by Gasteiger charge is -2.22. The molecule has 0 aliphatic rings. The van der Waals surface area contributed by atoms with Crippen molar-refractivity contribution < 1.29 is 0 Å². The lowest BCUT2D eigenvalue weighted by molar-refractivity contribution is 0.808. The fraction of sp³-hybridized carbons (Fsp3) is 0.261. The molecule has 25 heavy (non-hydrogen) atoms. The summed E-state index contributed by atoms with van der Waals surface area (Å²) in [4.78, 5) is 0. The second-order valence-electron chi connectivity index (χ2n) is 7.05. The van der Waals surface area contributed by atoms with Gasteiger partial charge in [-0.2, -0.15) is 5.26 Å². The van der Waals surface area contributed by atoms with Gasteiger partial charge in [-0.25, -0.2) is 0 Å². The molecule has 0 bridgehead atoms. The number of rotatable bonds is 4. The summed E-state index contributed by atoms with van der Waals surface area (Å²) >= 11 is 0. The SMILES string of the molecule is CC(C)c1cccc(C(C)C)c1-n1cccc1-c1cccc(C#N)c1. The minimum absolute atomic E-state index is 0.439. The van der Waals surface area contributed by atoms with E-state index in [1.807, 2.05) is 18.2 Å². The van der Waals surface area contributed by atoms with Crippen molar-refractivity contribution in [2.45, 2.75) is 39.5 Å². The molecule has 0 radical (unpaired) electrons. The molecule has 0 aliphatic heterocycles. The minimum Gasteiger partial charge on any atom is -0.316 e. The number of hydrogen-bond acceptors (Lipinski definition) is 1. The van der Waals surface area contributed by atoms with Gasteiger partial charge in [0, 0.05) is 6.20 Å². The highest BCUT2D eigenvalue weighted by molar-refractivity contribution is 5.67. The quantitative estimate of drug-likeness (QED) is 0.555. The van der Waals surface area contributed by atoms with Gasteiger partial charge >= 0.3 is 0 Å². The average molecular weight is 328 g/mol. The van der Waals surface area contributed by atoms with Gasteiger partial charge in [0.15, 0.2) is 0 Å². The Labute approximate surface area is 150 Å². The predicted molar refractivity (Wildman–Crippen MR) is 104 cm³/mol. The molecule has 3 rings (SSSR count). The second-order valence-corrected chi connectivity index (χ2v) is 7.05. The van der Waals surface area contributed by atoms with Crippen molar-refractivity contribution in [1.29, 1.82) is 5.26 Å². The first-order valence-corrected chi connectivity index (χ1v) is 8.84. The van der Waals surface area contributed by atoms with Crippen molar-refractivity contribution in [2.24, 2.45) is 0 Å². The summed E-state index contributed by atoms with van der Waals surface area (Å²) in [7, 11) is 0. The van der Waals surface area contributed by atoms with Crippen molar-refractivity contribution in [3.63, 3.8) is 0 Å². The third-order valence-corrected chi connectivity index (χ3v) is 4.62. The van der Waals surface area contributed by atoms with Gasteiger partial charge in [-0.15, -0.1) is 0 Å². The van der Waals surface area contributed by atoms with Crippen LogP contribution in [0.4, 0.5) is 0 Å². The van der Waals surface area contributed by atoms with Gasteiger partial charge in [0.05, 0.1) is 23.0 Å². The van der Waals surface area contributed by atoms with Crippen molar-refractivity contribution >= 4 is 0 Å². The van der Waals surface area contributed by atoms with E-state index in [9.17, 15) is 5.26 Å². The van der Waals surface area contributed by atoms with Crippen LogP contribution in [0, 0.1) is 11.3 Å². The van der Waals surface area contributed by atoms with Gasteiger partial charge in [0.25, 0.3) is 0 Å². The van der Waals surface area contributed by atoms with E-state index in [0.29, 0.717) is 17.4 Å². The zero-order chi connectivity index (χ0) is 18.0. The van der Waals surface area contributed by atoms with Crippen molar-refractivity contribution in [3.05, 3.63) is 77.5 Å². The highest BCUT2D eigenvalue weighted by Crippen LogP contribution is 2.34. The van der Waals surface area contributed by atoms with Crippen LogP contribution >= 0.6 is 0 Å². The Morgan fingerprint density at radius 1 is 0.840 bits per heavy atom. The monoisotopic (exact) mass is 328 g/mol. The van der Waals surface area contributed by atoms with Crippen LogP contribution in [0.25, 0.3) is 16.9 Å². The number of nitrogens with zero attached hydrogens (tertiary/aromatic N) is 2. The molecule has 0 amide bonds. The number of para-hydroxylation sites is 1. The Hall–Kier alpha value is -2.79. The Morgan fingerprint density at radius 2 is 1.48 bits per heavy atom. The number of nitriles is 1. The average Bonchev–Trinajstić information content (AvgIpc) is 3.10. The molecule has 0 fully saturated rings. The van der Waals surface area contributed by atoms with E-state index in [1.54, 1.807) is 0 Å². The summed E-state index contributed by atoms with van der Waals surface area (Å²) in [5, 5.41) is 9.22. The fourth-order valence-corrected chi connectivity index (χ4v) is 3.35. The van der Waals surface area contributed by atoms with E-state index in [-0.39, 0.29) is 0 Å². The van der Waals surface area contributed by atoms with E-state index in [2.05, 4.69) is 80.9 Å². The van der Waals surface area contributed by atoms with E-state index >= 15 is 0 Å². The first kappa shape index (κ1) is 17.0. The number of aromatic nitrogens is 1. The van der Waals surface area contributed by atoms with Crippen molar-refractivity contribution in [2.75, 3.05) is 0 Å². The first-order valence-electron chi connectivity index (χ1n) is 8.84. The van der Waals surface area contributed by atoms with Gasteiger partial charge < -0.3 is 4.57 Å². The van der Waals surface area contributed by atoms with E-state index in [4.69, 9.17) is 0 Å². The van der Waals surface area contributed by atoms with E-state index in [0.717, 1.165) is 11.3 Å². The van der Waals surface area contributed by atoms with E-state index < -0.39 is 0 Å². The van der Waals surface area contributed by atoms with Crippen LogP contribution in [0.1, 0.15) is 56.2 Å². The van der Waals surface area contributed by atoms with Crippen molar-refractivity contribution in [3.8, 4) is 23.0 Å². The van der Waals surface area contributed by atoms with Crippen LogP contribution < -0.4 is 0 Å². The molecule has 0 N–H and O–H groups in total. The standard InChI is InChI=1S/C23H24N2/c1-16(2)20-10-6-11-21(17(3)4)23(20)25-13-7-12-22(25)19-9-5-8-18(14-19)15-24/h5-14,16-17H,1-4H3. The first-order chi connectivity index (χ1) is 12.0. The van der Waals surface area contributed by atoms with Gasteiger partial charge in [-0.1, -0.05) is 58.0 Å². The Morgan fingerprint density at radius 3 is 2.08 bits per heavy atom.